The minimum atomic E-state index is -0.462. The van der Waals surface area contributed by atoms with Crippen molar-refractivity contribution in [3.8, 4) is 5.75 Å². The first-order chi connectivity index (χ1) is 10.5. The van der Waals surface area contributed by atoms with E-state index in [1.165, 1.54) is 25.3 Å². The Balaban J connectivity index is 2.21. The number of hydrogen-bond acceptors (Lipinski definition) is 4. The molecule has 0 bridgehead atoms. The zero-order valence-electron chi connectivity index (χ0n) is 12.3. The number of aryl methyl sites for hydroxylation is 1. The number of nitro benzene ring substituents is 1. The fourth-order valence-corrected chi connectivity index (χ4v) is 1.98. The molecule has 2 aromatic carbocycles. The maximum absolute atomic E-state index is 12.3. The molecule has 0 amide bonds. The topological polar surface area (TPSA) is 69.4 Å². The van der Waals surface area contributed by atoms with Crippen molar-refractivity contribution in [3.05, 3.63) is 75.3 Å². The first-order valence-electron chi connectivity index (χ1n) is 6.63. The van der Waals surface area contributed by atoms with Gasteiger partial charge in [0.2, 0.25) is 0 Å². The molecule has 0 spiro atoms. The predicted molar refractivity (Wildman–Crippen MR) is 84.2 cm³/mol. The molecule has 0 atom stereocenters. The summed E-state index contributed by atoms with van der Waals surface area (Å²) in [5, 5.41) is 10.6. The van der Waals surface area contributed by atoms with Crippen molar-refractivity contribution >= 4 is 17.5 Å². The molecule has 22 heavy (non-hydrogen) atoms. The van der Waals surface area contributed by atoms with Crippen molar-refractivity contribution < 1.29 is 14.5 Å². The number of hydrogen-bond donors (Lipinski definition) is 0. The van der Waals surface area contributed by atoms with Gasteiger partial charge in [-0.2, -0.15) is 0 Å². The van der Waals surface area contributed by atoms with Crippen molar-refractivity contribution in [1.29, 1.82) is 0 Å². The minimum Gasteiger partial charge on any atom is -0.496 e. The van der Waals surface area contributed by atoms with Gasteiger partial charge in [-0.05, 0) is 42.8 Å². The van der Waals surface area contributed by atoms with E-state index in [4.69, 9.17) is 4.74 Å². The third-order valence-electron chi connectivity index (χ3n) is 3.15. The highest BCUT2D eigenvalue weighted by atomic mass is 16.6. The Labute approximate surface area is 128 Å². The first-order valence-corrected chi connectivity index (χ1v) is 6.63. The molecule has 0 N–H and O–H groups in total. The van der Waals surface area contributed by atoms with Gasteiger partial charge in [0, 0.05) is 12.1 Å². The zero-order chi connectivity index (χ0) is 16.1. The molecule has 0 saturated heterocycles. The van der Waals surface area contributed by atoms with Crippen LogP contribution in [0.15, 0.2) is 48.5 Å². The number of rotatable bonds is 5. The van der Waals surface area contributed by atoms with Crippen molar-refractivity contribution in [2.45, 2.75) is 6.92 Å². The number of allylic oxidation sites excluding steroid dienone is 1. The summed E-state index contributed by atoms with van der Waals surface area (Å²) >= 11 is 0. The van der Waals surface area contributed by atoms with E-state index in [1.807, 2.05) is 13.0 Å². The van der Waals surface area contributed by atoms with Crippen LogP contribution in [0.25, 0.3) is 6.08 Å². The van der Waals surface area contributed by atoms with Crippen LogP contribution in [0, 0.1) is 17.0 Å². The maximum atomic E-state index is 12.3. The zero-order valence-corrected chi connectivity index (χ0v) is 12.3. The summed E-state index contributed by atoms with van der Waals surface area (Å²) in [5.74, 6) is 0.336. The summed E-state index contributed by atoms with van der Waals surface area (Å²) in [6.45, 7) is 1.90. The van der Waals surface area contributed by atoms with Crippen LogP contribution in [-0.2, 0) is 0 Å². The van der Waals surface area contributed by atoms with Crippen molar-refractivity contribution in [1.82, 2.24) is 0 Å². The normalized spacial score (nSPS) is 10.6. The van der Waals surface area contributed by atoms with Crippen LogP contribution in [-0.4, -0.2) is 17.8 Å². The van der Waals surface area contributed by atoms with E-state index in [-0.39, 0.29) is 11.5 Å². The number of benzene rings is 2. The number of carbonyl (C=O) groups is 1. The molecule has 2 rings (SSSR count). The molecule has 0 unspecified atom stereocenters. The van der Waals surface area contributed by atoms with Gasteiger partial charge < -0.3 is 4.74 Å². The van der Waals surface area contributed by atoms with Crippen molar-refractivity contribution in [3.63, 3.8) is 0 Å². The fourth-order valence-electron chi connectivity index (χ4n) is 1.98. The Morgan fingerprint density at radius 2 is 1.86 bits per heavy atom. The first kappa shape index (κ1) is 15.4. The predicted octanol–water partition coefficient (Wildman–Crippen LogP) is 3.81. The number of carbonyl (C=O) groups excluding carboxylic acids is 1. The van der Waals surface area contributed by atoms with Gasteiger partial charge in [0.25, 0.3) is 5.69 Å². The van der Waals surface area contributed by atoms with Crippen LogP contribution in [0.4, 0.5) is 5.69 Å². The molecule has 2 aromatic rings. The fraction of sp³-hybridized carbons (Fsp3) is 0.118. The minimum absolute atomic E-state index is 0.0174. The lowest BCUT2D eigenvalue weighted by molar-refractivity contribution is -0.384. The number of nitro groups is 1. The number of methoxy groups -OCH3 is 1. The smallest absolute Gasteiger partial charge is 0.269 e. The van der Waals surface area contributed by atoms with Gasteiger partial charge in [-0.3, -0.25) is 14.9 Å². The van der Waals surface area contributed by atoms with E-state index in [1.54, 1.807) is 30.3 Å². The molecule has 0 aliphatic carbocycles. The van der Waals surface area contributed by atoms with E-state index in [0.717, 1.165) is 5.56 Å². The van der Waals surface area contributed by atoms with Gasteiger partial charge in [0.1, 0.15) is 5.75 Å². The van der Waals surface area contributed by atoms with Crippen LogP contribution < -0.4 is 4.74 Å². The second-order valence-electron chi connectivity index (χ2n) is 4.75. The lowest BCUT2D eigenvalue weighted by Crippen LogP contribution is -1.99. The van der Waals surface area contributed by atoms with E-state index in [2.05, 4.69) is 0 Å². The number of non-ortho nitro benzene ring substituents is 1. The molecule has 0 aromatic heterocycles. The summed E-state index contributed by atoms with van der Waals surface area (Å²) in [4.78, 5) is 22.4. The van der Waals surface area contributed by atoms with Crippen LogP contribution in [0.3, 0.4) is 0 Å². The molecular formula is C17H15NO4. The average Bonchev–Trinajstić information content (AvgIpc) is 2.53. The highest BCUT2D eigenvalue weighted by Crippen LogP contribution is 2.21. The van der Waals surface area contributed by atoms with E-state index >= 15 is 0 Å². The SMILES string of the molecule is COc1ccc(C)cc1C(=O)C=Cc1ccc([N+](=O)[O-])cc1. The quantitative estimate of drug-likeness (QED) is 0.364. The third-order valence-corrected chi connectivity index (χ3v) is 3.15. The monoisotopic (exact) mass is 297 g/mol. The van der Waals surface area contributed by atoms with Gasteiger partial charge in [-0.1, -0.05) is 17.7 Å². The highest BCUT2D eigenvalue weighted by molar-refractivity contribution is 6.08. The lowest BCUT2D eigenvalue weighted by Gasteiger charge is -2.06. The third kappa shape index (κ3) is 3.58. The molecule has 0 aliphatic rings. The Bertz CT molecular complexity index is 733. The van der Waals surface area contributed by atoms with Crippen LogP contribution >= 0.6 is 0 Å². The largest absolute Gasteiger partial charge is 0.496 e. The molecule has 5 heteroatoms. The summed E-state index contributed by atoms with van der Waals surface area (Å²) < 4.78 is 5.19. The average molecular weight is 297 g/mol. The summed E-state index contributed by atoms with van der Waals surface area (Å²) in [7, 11) is 1.52. The number of ketones is 1. The number of nitrogens with zero attached hydrogens (tertiary/aromatic N) is 1. The van der Waals surface area contributed by atoms with Gasteiger partial charge in [-0.25, -0.2) is 0 Å². The Hall–Kier alpha value is -2.95. The Morgan fingerprint density at radius 1 is 1.18 bits per heavy atom. The Morgan fingerprint density at radius 3 is 2.45 bits per heavy atom. The molecular weight excluding hydrogens is 282 g/mol. The molecule has 0 fully saturated rings. The van der Waals surface area contributed by atoms with E-state index < -0.39 is 4.92 Å². The van der Waals surface area contributed by atoms with Crippen molar-refractivity contribution in [2.24, 2.45) is 0 Å². The van der Waals surface area contributed by atoms with E-state index in [0.29, 0.717) is 16.9 Å². The van der Waals surface area contributed by atoms with Gasteiger partial charge >= 0.3 is 0 Å². The summed E-state index contributed by atoms with van der Waals surface area (Å²) in [6.07, 6.45) is 3.05. The van der Waals surface area contributed by atoms with Gasteiger partial charge in [0.15, 0.2) is 5.78 Å². The maximum Gasteiger partial charge on any atom is 0.269 e. The molecule has 0 heterocycles. The molecule has 0 saturated carbocycles. The van der Waals surface area contributed by atoms with Gasteiger partial charge in [0.05, 0.1) is 17.6 Å². The standard InChI is InChI=1S/C17H15NO4/c1-12-3-10-17(22-2)15(11-12)16(19)9-6-13-4-7-14(8-5-13)18(20)21/h3-11H,1-2H3. The molecule has 112 valence electrons. The molecule has 0 aliphatic heterocycles. The second kappa shape index (κ2) is 6.67. The summed E-state index contributed by atoms with van der Waals surface area (Å²) in [6, 6.07) is 11.4. The summed E-state index contributed by atoms with van der Waals surface area (Å²) in [5.41, 5.74) is 2.18. The van der Waals surface area contributed by atoms with Crippen molar-refractivity contribution in [2.75, 3.05) is 7.11 Å². The van der Waals surface area contributed by atoms with Crippen LogP contribution in [0.1, 0.15) is 21.5 Å². The molecule has 0 radical (unpaired) electrons. The second-order valence-corrected chi connectivity index (χ2v) is 4.75. The Kier molecular flexibility index (Phi) is 4.68. The van der Waals surface area contributed by atoms with Crippen LogP contribution in [0.5, 0.6) is 5.75 Å². The van der Waals surface area contributed by atoms with Crippen LogP contribution in [0.2, 0.25) is 0 Å². The lowest BCUT2D eigenvalue weighted by atomic mass is 10.1. The highest BCUT2D eigenvalue weighted by Gasteiger charge is 2.09. The van der Waals surface area contributed by atoms with E-state index in [9.17, 15) is 14.9 Å². The van der Waals surface area contributed by atoms with Gasteiger partial charge in [-0.15, -0.1) is 0 Å². The molecule has 5 nitrogen and oxygen atoms in total. The number of ether oxygens (including phenoxy) is 1.